The molecule has 0 aromatic rings. The van der Waals surface area contributed by atoms with Crippen molar-refractivity contribution in [3.63, 3.8) is 0 Å². The van der Waals surface area contributed by atoms with Crippen LogP contribution in [0.2, 0.25) is 0 Å². The molecule has 0 aliphatic heterocycles. The molecule has 3 nitrogen and oxygen atoms in total. The minimum atomic E-state index is -0.293. The number of hydrogen-bond acceptors (Lipinski definition) is 3. The van der Waals surface area contributed by atoms with E-state index in [-0.39, 0.29) is 5.60 Å². The fourth-order valence-corrected chi connectivity index (χ4v) is 3.14. The van der Waals surface area contributed by atoms with Crippen LogP contribution < -0.4 is 0 Å². The van der Waals surface area contributed by atoms with Crippen molar-refractivity contribution in [1.82, 2.24) is 0 Å². The van der Waals surface area contributed by atoms with E-state index in [1.807, 2.05) is 0 Å². The van der Waals surface area contributed by atoms with E-state index in [9.17, 15) is 4.79 Å². The summed E-state index contributed by atoms with van der Waals surface area (Å²) in [5.41, 5.74) is 3.30. The molecule has 1 aliphatic carbocycles. The third-order valence-electron chi connectivity index (χ3n) is 4.30. The quantitative estimate of drug-likeness (QED) is 0.688. The lowest BCUT2D eigenvalue weighted by Gasteiger charge is -2.40. The van der Waals surface area contributed by atoms with E-state index in [0.717, 1.165) is 30.5 Å². The van der Waals surface area contributed by atoms with Crippen LogP contribution in [0.1, 0.15) is 47.0 Å². The Kier molecular flexibility index (Phi) is 5.36. The highest BCUT2D eigenvalue weighted by atomic mass is 16.5. The minimum Gasteiger partial charge on any atom is -0.497 e. The van der Waals surface area contributed by atoms with Gasteiger partial charge in [0, 0.05) is 20.0 Å². The molecule has 0 aromatic carbocycles. The monoisotopic (exact) mass is 266 g/mol. The Morgan fingerprint density at radius 3 is 2.42 bits per heavy atom. The van der Waals surface area contributed by atoms with E-state index in [1.54, 1.807) is 14.2 Å². The Balaban J connectivity index is 3.11. The second-order valence-electron chi connectivity index (χ2n) is 5.65. The maximum absolute atomic E-state index is 10.7. The normalized spacial score (nSPS) is 25.6. The molecule has 0 radical (unpaired) electrons. The van der Waals surface area contributed by atoms with Crippen LogP contribution in [0.15, 0.2) is 22.5 Å². The lowest BCUT2D eigenvalue weighted by molar-refractivity contribution is -0.109. The van der Waals surface area contributed by atoms with Crippen molar-refractivity contribution >= 4 is 6.29 Å². The second-order valence-corrected chi connectivity index (χ2v) is 5.65. The number of hydrogen-bond donors (Lipinski definition) is 0. The zero-order valence-corrected chi connectivity index (χ0v) is 13.0. The summed E-state index contributed by atoms with van der Waals surface area (Å²) in [4.78, 5) is 10.7. The highest BCUT2D eigenvalue weighted by molar-refractivity contribution is 5.50. The molecule has 2 unspecified atom stereocenters. The standard InChI is InChI=1S/C16H26O3/c1-11(7-8-17)9-16(19-6)10-12(2)15(18-5)13(3)14(16)4/h8,11H,7,9-10H2,1-6H3. The van der Waals surface area contributed by atoms with E-state index in [1.165, 1.54) is 11.1 Å². The summed E-state index contributed by atoms with van der Waals surface area (Å²) in [7, 11) is 3.47. The molecule has 0 amide bonds. The molecule has 0 saturated carbocycles. The summed E-state index contributed by atoms with van der Waals surface area (Å²) in [6.45, 7) is 8.38. The van der Waals surface area contributed by atoms with Gasteiger partial charge in [-0.15, -0.1) is 0 Å². The van der Waals surface area contributed by atoms with Crippen LogP contribution in [-0.4, -0.2) is 26.1 Å². The second kappa shape index (κ2) is 6.38. The zero-order chi connectivity index (χ0) is 14.6. The number of allylic oxidation sites excluding steroid dienone is 1. The van der Waals surface area contributed by atoms with Crippen molar-refractivity contribution in [1.29, 1.82) is 0 Å². The van der Waals surface area contributed by atoms with Gasteiger partial charge in [0.2, 0.25) is 0 Å². The molecule has 0 saturated heterocycles. The fraction of sp³-hybridized carbons (Fsp3) is 0.688. The van der Waals surface area contributed by atoms with Crippen LogP contribution >= 0.6 is 0 Å². The predicted molar refractivity (Wildman–Crippen MR) is 76.9 cm³/mol. The summed E-state index contributed by atoms with van der Waals surface area (Å²) < 4.78 is 11.4. The van der Waals surface area contributed by atoms with Crippen molar-refractivity contribution in [2.75, 3.05) is 14.2 Å². The summed E-state index contributed by atoms with van der Waals surface area (Å²) in [6, 6.07) is 0. The van der Waals surface area contributed by atoms with Crippen LogP contribution in [0.4, 0.5) is 0 Å². The molecule has 1 rings (SSSR count). The number of ether oxygens (including phenoxy) is 2. The van der Waals surface area contributed by atoms with E-state index >= 15 is 0 Å². The third kappa shape index (κ3) is 3.08. The van der Waals surface area contributed by atoms with Gasteiger partial charge in [0.15, 0.2) is 0 Å². The maximum Gasteiger partial charge on any atom is 0.120 e. The van der Waals surface area contributed by atoms with Crippen LogP contribution in [-0.2, 0) is 14.3 Å². The average molecular weight is 266 g/mol. The van der Waals surface area contributed by atoms with Crippen molar-refractivity contribution in [2.45, 2.75) is 52.6 Å². The van der Waals surface area contributed by atoms with Gasteiger partial charge in [-0.25, -0.2) is 0 Å². The highest BCUT2D eigenvalue weighted by Crippen LogP contribution is 2.43. The summed E-state index contributed by atoms with van der Waals surface area (Å²) in [5.74, 6) is 1.30. The minimum absolute atomic E-state index is 0.293. The first-order valence-electron chi connectivity index (χ1n) is 6.82. The van der Waals surface area contributed by atoms with Gasteiger partial charge in [-0.1, -0.05) is 6.92 Å². The molecule has 0 spiro atoms. The van der Waals surface area contributed by atoms with E-state index < -0.39 is 0 Å². The molecule has 2 atom stereocenters. The largest absolute Gasteiger partial charge is 0.497 e. The van der Waals surface area contributed by atoms with Gasteiger partial charge < -0.3 is 14.3 Å². The molecule has 0 bridgehead atoms. The van der Waals surface area contributed by atoms with Gasteiger partial charge in [-0.05, 0) is 49.8 Å². The Bertz CT molecular complexity index is 406. The Labute approximate surface area is 116 Å². The SMILES string of the molecule is COC1=C(C)CC(CC(C)CC=O)(OC)C(C)=C1C. The van der Waals surface area contributed by atoms with E-state index in [0.29, 0.717) is 12.3 Å². The van der Waals surface area contributed by atoms with Crippen LogP contribution in [0.5, 0.6) is 0 Å². The van der Waals surface area contributed by atoms with Crippen molar-refractivity contribution in [2.24, 2.45) is 5.92 Å². The lowest BCUT2D eigenvalue weighted by Crippen LogP contribution is -2.38. The molecule has 0 aromatic heterocycles. The molecule has 0 N–H and O–H groups in total. The third-order valence-corrected chi connectivity index (χ3v) is 4.30. The fourth-order valence-electron chi connectivity index (χ4n) is 3.14. The van der Waals surface area contributed by atoms with E-state index in [2.05, 4.69) is 27.7 Å². The van der Waals surface area contributed by atoms with Crippen LogP contribution in [0.25, 0.3) is 0 Å². The van der Waals surface area contributed by atoms with Crippen molar-refractivity contribution in [3.8, 4) is 0 Å². The predicted octanol–water partition coefficient (Wildman–Crippen LogP) is 3.65. The van der Waals surface area contributed by atoms with Crippen LogP contribution in [0.3, 0.4) is 0 Å². The zero-order valence-electron chi connectivity index (χ0n) is 13.0. The molecule has 0 fully saturated rings. The van der Waals surface area contributed by atoms with E-state index in [4.69, 9.17) is 9.47 Å². The summed E-state index contributed by atoms with van der Waals surface area (Å²) in [5, 5.41) is 0. The van der Waals surface area contributed by atoms with Gasteiger partial charge >= 0.3 is 0 Å². The molecule has 19 heavy (non-hydrogen) atoms. The topological polar surface area (TPSA) is 35.5 Å². The van der Waals surface area contributed by atoms with Crippen LogP contribution in [0, 0.1) is 5.92 Å². The Hall–Kier alpha value is -1.09. The average Bonchev–Trinajstić information content (AvgIpc) is 2.36. The molecule has 0 heterocycles. The van der Waals surface area contributed by atoms with Gasteiger partial charge in [0.1, 0.15) is 12.0 Å². The highest BCUT2D eigenvalue weighted by Gasteiger charge is 2.39. The molecule has 1 aliphatic rings. The number of methoxy groups -OCH3 is 2. The smallest absolute Gasteiger partial charge is 0.120 e. The molecular weight excluding hydrogens is 240 g/mol. The molecular formula is C16H26O3. The number of carbonyl (C=O) groups is 1. The molecule has 3 heteroatoms. The van der Waals surface area contributed by atoms with Gasteiger partial charge in [0.25, 0.3) is 0 Å². The first-order valence-corrected chi connectivity index (χ1v) is 6.82. The number of carbonyl (C=O) groups excluding carboxylic acids is 1. The number of rotatable bonds is 6. The first-order chi connectivity index (χ1) is 8.91. The van der Waals surface area contributed by atoms with Gasteiger partial charge in [-0.2, -0.15) is 0 Å². The van der Waals surface area contributed by atoms with Crippen molar-refractivity contribution in [3.05, 3.63) is 22.5 Å². The Morgan fingerprint density at radius 1 is 1.32 bits per heavy atom. The molecule has 108 valence electrons. The maximum atomic E-state index is 10.7. The van der Waals surface area contributed by atoms with Gasteiger partial charge in [-0.3, -0.25) is 0 Å². The first kappa shape index (κ1) is 16.0. The van der Waals surface area contributed by atoms with Crippen molar-refractivity contribution < 1.29 is 14.3 Å². The lowest BCUT2D eigenvalue weighted by atomic mass is 9.74. The number of aldehydes is 1. The summed E-state index contributed by atoms with van der Waals surface area (Å²) in [6.07, 6.45) is 3.27. The summed E-state index contributed by atoms with van der Waals surface area (Å²) >= 11 is 0. The Morgan fingerprint density at radius 2 is 1.95 bits per heavy atom. The van der Waals surface area contributed by atoms with Gasteiger partial charge in [0.05, 0.1) is 12.7 Å².